The molecule has 0 aliphatic carbocycles. The summed E-state index contributed by atoms with van der Waals surface area (Å²) < 4.78 is 29.2. The third-order valence-electron chi connectivity index (χ3n) is 5.81. The van der Waals surface area contributed by atoms with E-state index in [4.69, 9.17) is 0 Å². The molecule has 0 bridgehead atoms. The molecular weight excluding hydrogens is 486 g/mol. The standard InChI is InChI=1S/C25H24BrN3O2S/c1-19-7-8-22(18-27)24(17-19)32(30,31)29-15-13-28(14-16-29)25(20-5-3-2-4-6-20)21-9-11-23(26)12-10-21/h2-12,17,25H,13-16H2,1H3. The Morgan fingerprint density at radius 3 is 2.16 bits per heavy atom. The van der Waals surface area contributed by atoms with Crippen molar-refractivity contribution in [1.29, 1.82) is 5.26 Å². The topological polar surface area (TPSA) is 64.4 Å². The van der Waals surface area contributed by atoms with Crippen molar-refractivity contribution < 1.29 is 8.42 Å². The summed E-state index contributed by atoms with van der Waals surface area (Å²) in [4.78, 5) is 2.42. The van der Waals surface area contributed by atoms with Crippen LogP contribution in [0.3, 0.4) is 0 Å². The average molecular weight is 510 g/mol. The van der Waals surface area contributed by atoms with Gasteiger partial charge < -0.3 is 0 Å². The number of halogens is 1. The molecule has 4 rings (SSSR count). The number of hydrogen-bond donors (Lipinski definition) is 0. The highest BCUT2D eigenvalue weighted by Gasteiger charge is 2.33. The summed E-state index contributed by atoms with van der Waals surface area (Å²) in [5, 5.41) is 9.41. The van der Waals surface area contributed by atoms with Gasteiger partial charge in [0.15, 0.2) is 0 Å². The van der Waals surface area contributed by atoms with Crippen molar-refractivity contribution in [3.63, 3.8) is 0 Å². The molecule has 32 heavy (non-hydrogen) atoms. The molecule has 0 saturated carbocycles. The highest BCUT2D eigenvalue weighted by Crippen LogP contribution is 2.31. The van der Waals surface area contributed by atoms with Crippen molar-refractivity contribution in [3.8, 4) is 6.07 Å². The van der Waals surface area contributed by atoms with Crippen molar-refractivity contribution in [1.82, 2.24) is 9.21 Å². The summed E-state index contributed by atoms with van der Waals surface area (Å²) in [5.74, 6) is 0. The summed E-state index contributed by atoms with van der Waals surface area (Å²) in [6.07, 6.45) is 0. The fourth-order valence-electron chi connectivity index (χ4n) is 4.17. The minimum Gasteiger partial charge on any atom is -0.290 e. The van der Waals surface area contributed by atoms with Gasteiger partial charge in [0, 0.05) is 30.7 Å². The van der Waals surface area contributed by atoms with Crippen LogP contribution in [0, 0.1) is 18.3 Å². The lowest BCUT2D eigenvalue weighted by atomic mass is 9.96. The number of piperazine rings is 1. The van der Waals surface area contributed by atoms with Crippen LogP contribution in [0.5, 0.6) is 0 Å². The Kier molecular flexibility index (Phi) is 6.77. The van der Waals surface area contributed by atoms with Gasteiger partial charge in [-0.1, -0.05) is 64.5 Å². The van der Waals surface area contributed by atoms with Crippen LogP contribution in [0.4, 0.5) is 0 Å². The maximum Gasteiger partial charge on any atom is 0.244 e. The quantitative estimate of drug-likeness (QED) is 0.498. The van der Waals surface area contributed by atoms with E-state index in [-0.39, 0.29) is 16.5 Å². The van der Waals surface area contributed by atoms with E-state index >= 15 is 0 Å². The van der Waals surface area contributed by atoms with Gasteiger partial charge in [-0.25, -0.2) is 8.42 Å². The molecule has 1 fully saturated rings. The lowest BCUT2D eigenvalue weighted by Gasteiger charge is -2.39. The van der Waals surface area contributed by atoms with Crippen LogP contribution in [-0.2, 0) is 10.0 Å². The Morgan fingerprint density at radius 1 is 0.906 bits per heavy atom. The summed E-state index contributed by atoms with van der Waals surface area (Å²) in [6, 6.07) is 25.6. The zero-order valence-electron chi connectivity index (χ0n) is 17.8. The second-order valence-electron chi connectivity index (χ2n) is 7.92. The molecule has 7 heteroatoms. The second-order valence-corrected chi connectivity index (χ2v) is 10.7. The third kappa shape index (κ3) is 4.64. The van der Waals surface area contributed by atoms with Gasteiger partial charge in [-0.05, 0) is 47.9 Å². The zero-order valence-corrected chi connectivity index (χ0v) is 20.2. The van der Waals surface area contributed by atoms with Crippen molar-refractivity contribution in [2.75, 3.05) is 26.2 Å². The molecule has 3 aromatic carbocycles. The van der Waals surface area contributed by atoms with E-state index in [9.17, 15) is 13.7 Å². The van der Waals surface area contributed by atoms with E-state index in [1.807, 2.05) is 43.3 Å². The molecule has 3 aromatic rings. The van der Waals surface area contributed by atoms with E-state index in [2.05, 4.69) is 45.1 Å². The van der Waals surface area contributed by atoms with Crippen molar-refractivity contribution in [2.24, 2.45) is 0 Å². The predicted octanol–water partition coefficient (Wildman–Crippen LogP) is 4.73. The number of nitriles is 1. The van der Waals surface area contributed by atoms with Crippen LogP contribution in [-0.4, -0.2) is 43.8 Å². The number of benzene rings is 3. The highest BCUT2D eigenvalue weighted by atomic mass is 79.9. The molecule has 1 heterocycles. The smallest absolute Gasteiger partial charge is 0.244 e. The molecule has 0 N–H and O–H groups in total. The van der Waals surface area contributed by atoms with Gasteiger partial charge in [-0.15, -0.1) is 0 Å². The molecule has 1 saturated heterocycles. The van der Waals surface area contributed by atoms with Crippen LogP contribution < -0.4 is 0 Å². The number of sulfonamides is 1. The SMILES string of the molecule is Cc1ccc(C#N)c(S(=O)(=O)N2CCN(C(c3ccccc3)c3ccc(Br)cc3)CC2)c1. The number of hydrogen-bond acceptors (Lipinski definition) is 4. The molecule has 1 aliphatic rings. The van der Waals surface area contributed by atoms with Gasteiger partial charge in [-0.3, -0.25) is 4.90 Å². The number of aryl methyl sites for hydroxylation is 1. The first kappa shape index (κ1) is 22.7. The van der Waals surface area contributed by atoms with Crippen LogP contribution in [0.15, 0.2) is 82.2 Å². The zero-order chi connectivity index (χ0) is 22.7. The third-order valence-corrected chi connectivity index (χ3v) is 8.28. The average Bonchev–Trinajstić information content (AvgIpc) is 2.81. The van der Waals surface area contributed by atoms with E-state index in [0.29, 0.717) is 26.2 Å². The van der Waals surface area contributed by atoms with Crippen LogP contribution in [0.1, 0.15) is 28.3 Å². The largest absolute Gasteiger partial charge is 0.290 e. The van der Waals surface area contributed by atoms with E-state index in [0.717, 1.165) is 10.0 Å². The molecule has 1 unspecified atom stereocenters. The maximum absolute atomic E-state index is 13.3. The molecule has 1 atom stereocenters. The molecule has 0 radical (unpaired) electrons. The summed E-state index contributed by atoms with van der Waals surface area (Å²) in [5.41, 5.74) is 3.35. The Morgan fingerprint density at radius 2 is 1.53 bits per heavy atom. The second kappa shape index (κ2) is 9.55. The number of nitrogens with zero attached hydrogens (tertiary/aromatic N) is 3. The van der Waals surface area contributed by atoms with E-state index in [1.165, 1.54) is 15.4 Å². The van der Waals surface area contributed by atoms with E-state index < -0.39 is 10.0 Å². The Bertz CT molecular complexity index is 1230. The summed E-state index contributed by atoms with van der Waals surface area (Å²) in [6.45, 7) is 3.79. The fraction of sp³-hybridized carbons (Fsp3) is 0.240. The number of rotatable bonds is 5. The fourth-order valence-corrected chi connectivity index (χ4v) is 6.08. The van der Waals surface area contributed by atoms with Crippen LogP contribution in [0.2, 0.25) is 0 Å². The van der Waals surface area contributed by atoms with Crippen molar-refractivity contribution in [3.05, 3.63) is 99.5 Å². The first-order valence-corrected chi connectivity index (χ1v) is 12.7. The van der Waals surface area contributed by atoms with Gasteiger partial charge in [0.2, 0.25) is 10.0 Å². The maximum atomic E-state index is 13.3. The van der Waals surface area contributed by atoms with Crippen molar-refractivity contribution >= 4 is 26.0 Å². The molecule has 0 aromatic heterocycles. The minimum atomic E-state index is -3.73. The first-order chi connectivity index (χ1) is 15.4. The molecule has 0 spiro atoms. The minimum absolute atomic E-state index is 0.0443. The molecule has 5 nitrogen and oxygen atoms in total. The molecule has 1 aliphatic heterocycles. The van der Waals surface area contributed by atoms with Gasteiger partial charge in [-0.2, -0.15) is 9.57 Å². The molecule has 164 valence electrons. The van der Waals surface area contributed by atoms with Gasteiger partial charge >= 0.3 is 0 Å². The van der Waals surface area contributed by atoms with E-state index in [1.54, 1.807) is 18.2 Å². The lowest BCUT2D eigenvalue weighted by molar-refractivity contribution is 0.156. The molecule has 0 amide bonds. The Balaban J connectivity index is 1.59. The lowest BCUT2D eigenvalue weighted by Crippen LogP contribution is -2.49. The predicted molar refractivity (Wildman–Crippen MR) is 129 cm³/mol. The van der Waals surface area contributed by atoms with Gasteiger partial charge in [0.1, 0.15) is 11.0 Å². The highest BCUT2D eigenvalue weighted by molar-refractivity contribution is 9.10. The van der Waals surface area contributed by atoms with Crippen LogP contribution >= 0.6 is 15.9 Å². The monoisotopic (exact) mass is 509 g/mol. The van der Waals surface area contributed by atoms with Gasteiger partial charge in [0.05, 0.1) is 11.6 Å². The summed E-state index contributed by atoms with van der Waals surface area (Å²) in [7, 11) is -3.73. The summed E-state index contributed by atoms with van der Waals surface area (Å²) >= 11 is 3.51. The van der Waals surface area contributed by atoms with Crippen LogP contribution in [0.25, 0.3) is 0 Å². The van der Waals surface area contributed by atoms with Crippen molar-refractivity contribution in [2.45, 2.75) is 17.9 Å². The van der Waals surface area contributed by atoms with Gasteiger partial charge in [0.25, 0.3) is 0 Å². The first-order valence-electron chi connectivity index (χ1n) is 10.5. The normalized spacial score (nSPS) is 16.4. The molecular formula is C25H24BrN3O2S. The Hall–Kier alpha value is -2.50. The Labute approximate surface area is 198 Å².